The number of fused-ring (bicyclic) bond motifs is 5. The molecule has 1 heterocycles. The van der Waals surface area contributed by atoms with Gasteiger partial charge in [0.2, 0.25) is 0 Å². The van der Waals surface area contributed by atoms with Gasteiger partial charge in [0.05, 0.1) is 11.4 Å². The van der Waals surface area contributed by atoms with Gasteiger partial charge in [-0.25, -0.2) is 9.97 Å². The molecular formula is C50H32N2. The van der Waals surface area contributed by atoms with Gasteiger partial charge in [0.15, 0.2) is 5.82 Å². The van der Waals surface area contributed by atoms with E-state index in [1.807, 2.05) is 6.07 Å². The van der Waals surface area contributed by atoms with Crippen molar-refractivity contribution in [3.8, 4) is 56.2 Å². The van der Waals surface area contributed by atoms with Crippen LogP contribution in [0.15, 0.2) is 194 Å². The van der Waals surface area contributed by atoms with Crippen LogP contribution in [-0.2, 0) is 0 Å². The molecule has 0 unspecified atom stereocenters. The van der Waals surface area contributed by atoms with Gasteiger partial charge in [-0.15, -0.1) is 0 Å². The second-order valence-corrected chi connectivity index (χ2v) is 13.3. The standard InChI is InChI=1S/C50H32N2/c1-3-16-35(17-4-1)47-42-24-11-12-25-43(42)48(44-29-28-34-15-9-10-23-41(34)49(44)47)46-32-45(51-50(52-46)36-18-5-2-6-19-36)40-22-13-21-38(31-40)39-27-26-33-14-7-8-20-37(33)30-39/h1-32H. The molecule has 1 aromatic heterocycles. The fourth-order valence-corrected chi connectivity index (χ4v) is 7.80. The average molecular weight is 661 g/mol. The number of hydrogen-bond donors (Lipinski definition) is 0. The zero-order valence-corrected chi connectivity index (χ0v) is 28.4. The highest BCUT2D eigenvalue weighted by atomic mass is 14.9. The first kappa shape index (κ1) is 30.0. The first-order valence-corrected chi connectivity index (χ1v) is 17.7. The van der Waals surface area contributed by atoms with E-state index in [4.69, 9.17) is 9.97 Å². The van der Waals surface area contributed by atoms with Gasteiger partial charge >= 0.3 is 0 Å². The van der Waals surface area contributed by atoms with Gasteiger partial charge in [0.1, 0.15) is 0 Å². The van der Waals surface area contributed by atoms with Crippen molar-refractivity contribution in [2.75, 3.05) is 0 Å². The van der Waals surface area contributed by atoms with Crippen LogP contribution in [0.5, 0.6) is 0 Å². The maximum absolute atomic E-state index is 5.39. The summed E-state index contributed by atoms with van der Waals surface area (Å²) in [6.45, 7) is 0. The molecule has 0 saturated carbocycles. The van der Waals surface area contributed by atoms with Crippen LogP contribution in [0.1, 0.15) is 0 Å². The number of benzene rings is 9. The number of nitrogens with zero attached hydrogens (tertiary/aromatic N) is 2. The van der Waals surface area contributed by atoms with E-state index in [1.54, 1.807) is 0 Å². The SMILES string of the molecule is c1ccc(-c2nc(-c3cccc(-c4ccc5ccccc5c4)c3)cc(-c3c4ccccc4c(-c4ccccc4)c4c3ccc3ccccc34)n2)cc1. The summed E-state index contributed by atoms with van der Waals surface area (Å²) in [5, 5.41) is 9.68. The predicted octanol–water partition coefficient (Wildman–Crippen LogP) is 13.4. The van der Waals surface area contributed by atoms with Gasteiger partial charge in [-0.05, 0) is 83.5 Å². The molecule has 10 rings (SSSR count). The quantitative estimate of drug-likeness (QED) is 0.136. The molecule has 0 aliphatic rings. The van der Waals surface area contributed by atoms with Gasteiger partial charge < -0.3 is 0 Å². The van der Waals surface area contributed by atoms with Crippen LogP contribution in [-0.4, -0.2) is 9.97 Å². The van der Waals surface area contributed by atoms with Crippen LogP contribution in [0.2, 0.25) is 0 Å². The summed E-state index contributed by atoms with van der Waals surface area (Å²) < 4.78 is 0. The van der Waals surface area contributed by atoms with Crippen LogP contribution in [0.4, 0.5) is 0 Å². The molecule has 9 aromatic carbocycles. The minimum Gasteiger partial charge on any atom is -0.228 e. The summed E-state index contributed by atoms with van der Waals surface area (Å²) in [7, 11) is 0. The fraction of sp³-hybridized carbons (Fsp3) is 0. The third-order valence-corrected chi connectivity index (χ3v) is 10.2. The number of hydrogen-bond acceptors (Lipinski definition) is 2. The Labute approximate surface area is 302 Å². The monoisotopic (exact) mass is 660 g/mol. The Kier molecular flexibility index (Phi) is 7.18. The van der Waals surface area contributed by atoms with Crippen molar-refractivity contribution >= 4 is 43.1 Å². The minimum atomic E-state index is 0.703. The van der Waals surface area contributed by atoms with Crippen molar-refractivity contribution < 1.29 is 0 Å². The molecule has 0 atom stereocenters. The molecule has 2 nitrogen and oxygen atoms in total. The van der Waals surface area contributed by atoms with Crippen LogP contribution in [0, 0.1) is 0 Å². The van der Waals surface area contributed by atoms with Crippen LogP contribution in [0.3, 0.4) is 0 Å². The molecule has 52 heavy (non-hydrogen) atoms. The third-order valence-electron chi connectivity index (χ3n) is 10.2. The second kappa shape index (κ2) is 12.5. The number of aromatic nitrogens is 2. The van der Waals surface area contributed by atoms with E-state index < -0.39 is 0 Å². The van der Waals surface area contributed by atoms with E-state index in [0.717, 1.165) is 39.0 Å². The Morgan fingerprint density at radius 3 is 1.62 bits per heavy atom. The van der Waals surface area contributed by atoms with Crippen LogP contribution < -0.4 is 0 Å². The summed E-state index contributed by atoms with van der Waals surface area (Å²) >= 11 is 0. The highest BCUT2D eigenvalue weighted by Gasteiger charge is 2.21. The highest BCUT2D eigenvalue weighted by Crippen LogP contribution is 2.46. The summed E-state index contributed by atoms with van der Waals surface area (Å²) in [6, 6.07) is 69.3. The van der Waals surface area contributed by atoms with E-state index in [1.165, 1.54) is 54.4 Å². The molecule has 242 valence electrons. The summed E-state index contributed by atoms with van der Waals surface area (Å²) in [5.74, 6) is 0.703. The largest absolute Gasteiger partial charge is 0.228 e. The highest BCUT2D eigenvalue weighted by molar-refractivity contribution is 6.27. The summed E-state index contributed by atoms with van der Waals surface area (Å²) in [4.78, 5) is 10.6. The Morgan fingerprint density at radius 1 is 0.269 bits per heavy atom. The summed E-state index contributed by atoms with van der Waals surface area (Å²) in [5.41, 5.74) is 9.70. The first-order chi connectivity index (χ1) is 25.8. The molecule has 0 spiro atoms. The lowest BCUT2D eigenvalue weighted by atomic mass is 9.85. The van der Waals surface area contributed by atoms with Crippen molar-refractivity contribution in [2.24, 2.45) is 0 Å². The third kappa shape index (κ3) is 5.12. The van der Waals surface area contributed by atoms with E-state index in [0.29, 0.717) is 5.82 Å². The average Bonchev–Trinajstić information content (AvgIpc) is 3.23. The molecule has 0 aliphatic carbocycles. The van der Waals surface area contributed by atoms with Gasteiger partial charge in [-0.1, -0.05) is 176 Å². The smallest absolute Gasteiger partial charge is 0.160 e. The Bertz CT molecular complexity index is 2950. The molecule has 2 heteroatoms. The molecule has 0 radical (unpaired) electrons. The predicted molar refractivity (Wildman–Crippen MR) is 219 cm³/mol. The second-order valence-electron chi connectivity index (χ2n) is 13.3. The normalized spacial score (nSPS) is 11.5. The van der Waals surface area contributed by atoms with E-state index in [-0.39, 0.29) is 0 Å². The maximum atomic E-state index is 5.39. The van der Waals surface area contributed by atoms with E-state index in [2.05, 4.69) is 188 Å². The van der Waals surface area contributed by atoms with Crippen LogP contribution in [0.25, 0.3) is 99.2 Å². The molecule has 0 N–H and O–H groups in total. The molecule has 0 aliphatic heterocycles. The van der Waals surface area contributed by atoms with E-state index >= 15 is 0 Å². The van der Waals surface area contributed by atoms with E-state index in [9.17, 15) is 0 Å². The molecular weight excluding hydrogens is 629 g/mol. The Morgan fingerprint density at radius 2 is 0.827 bits per heavy atom. The van der Waals surface area contributed by atoms with Crippen molar-refractivity contribution in [3.63, 3.8) is 0 Å². The van der Waals surface area contributed by atoms with Gasteiger partial charge in [0.25, 0.3) is 0 Å². The zero-order valence-electron chi connectivity index (χ0n) is 28.4. The molecule has 0 bridgehead atoms. The lowest BCUT2D eigenvalue weighted by Gasteiger charge is -2.19. The molecule has 0 amide bonds. The fourth-order valence-electron chi connectivity index (χ4n) is 7.80. The summed E-state index contributed by atoms with van der Waals surface area (Å²) in [6.07, 6.45) is 0. The maximum Gasteiger partial charge on any atom is 0.160 e. The zero-order chi connectivity index (χ0) is 34.4. The lowest BCUT2D eigenvalue weighted by Crippen LogP contribution is -1.98. The van der Waals surface area contributed by atoms with Gasteiger partial charge in [-0.2, -0.15) is 0 Å². The Balaban J connectivity index is 1.27. The van der Waals surface area contributed by atoms with Gasteiger partial charge in [0, 0.05) is 16.7 Å². The molecule has 0 saturated heterocycles. The number of rotatable bonds is 5. The Hall–Kier alpha value is -6.90. The van der Waals surface area contributed by atoms with Crippen LogP contribution >= 0.6 is 0 Å². The van der Waals surface area contributed by atoms with Crippen molar-refractivity contribution in [1.82, 2.24) is 9.97 Å². The first-order valence-electron chi connectivity index (χ1n) is 17.7. The molecule has 0 fully saturated rings. The van der Waals surface area contributed by atoms with Crippen molar-refractivity contribution in [3.05, 3.63) is 194 Å². The topological polar surface area (TPSA) is 25.8 Å². The molecule has 10 aromatic rings. The van der Waals surface area contributed by atoms with Crippen molar-refractivity contribution in [2.45, 2.75) is 0 Å². The van der Waals surface area contributed by atoms with Crippen molar-refractivity contribution in [1.29, 1.82) is 0 Å². The lowest BCUT2D eigenvalue weighted by molar-refractivity contribution is 1.19. The minimum absolute atomic E-state index is 0.703. The van der Waals surface area contributed by atoms with Gasteiger partial charge in [-0.3, -0.25) is 0 Å².